The van der Waals surface area contributed by atoms with Gasteiger partial charge in [-0.25, -0.2) is 4.98 Å². The van der Waals surface area contributed by atoms with Gasteiger partial charge in [0.15, 0.2) is 11.6 Å². The molecular formula is C15H12N4O2. The number of aromatic nitrogens is 4. The van der Waals surface area contributed by atoms with Crippen LogP contribution >= 0.6 is 0 Å². The molecule has 0 bridgehead atoms. The topological polar surface area (TPSA) is 88.6 Å². The number of ketones is 2. The first-order valence-corrected chi connectivity index (χ1v) is 6.51. The summed E-state index contributed by atoms with van der Waals surface area (Å²) in [6.45, 7) is 0. The molecule has 21 heavy (non-hydrogen) atoms. The summed E-state index contributed by atoms with van der Waals surface area (Å²) in [5.74, 6) is -0.261. The molecule has 2 aromatic heterocycles. The molecule has 6 nitrogen and oxygen atoms in total. The Balaban J connectivity index is 1.67. The Morgan fingerprint density at radius 1 is 1.10 bits per heavy atom. The molecule has 0 amide bonds. The van der Waals surface area contributed by atoms with Crippen LogP contribution in [0.4, 0.5) is 0 Å². The molecule has 3 rings (SSSR count). The van der Waals surface area contributed by atoms with Gasteiger partial charge in [-0.3, -0.25) is 9.59 Å². The quantitative estimate of drug-likeness (QED) is 0.724. The van der Waals surface area contributed by atoms with E-state index in [9.17, 15) is 9.59 Å². The number of hydrogen-bond donors (Lipinski definition) is 1. The highest BCUT2D eigenvalue weighted by Crippen LogP contribution is 2.14. The summed E-state index contributed by atoms with van der Waals surface area (Å²) in [7, 11) is 0. The Labute approximate surface area is 120 Å². The molecule has 0 spiro atoms. The van der Waals surface area contributed by atoms with Gasteiger partial charge in [0.25, 0.3) is 0 Å². The summed E-state index contributed by atoms with van der Waals surface area (Å²) in [5.41, 5.74) is 2.47. The highest BCUT2D eigenvalue weighted by atomic mass is 16.1. The van der Waals surface area contributed by atoms with Crippen molar-refractivity contribution in [2.24, 2.45) is 0 Å². The van der Waals surface area contributed by atoms with Gasteiger partial charge in [0, 0.05) is 24.6 Å². The number of Topliss-reactive ketones (excluding diaryl/α,β-unsaturated/α-hetero) is 2. The van der Waals surface area contributed by atoms with Gasteiger partial charge in [0.1, 0.15) is 5.69 Å². The number of carbonyl (C=O) groups is 2. The van der Waals surface area contributed by atoms with E-state index in [4.69, 9.17) is 0 Å². The molecule has 104 valence electrons. The van der Waals surface area contributed by atoms with Crippen molar-refractivity contribution < 1.29 is 9.59 Å². The molecule has 1 N–H and O–H groups in total. The van der Waals surface area contributed by atoms with Crippen molar-refractivity contribution in [1.82, 2.24) is 20.2 Å². The Kier molecular flexibility index (Phi) is 3.51. The largest absolute Gasteiger partial charge is 0.345 e. The molecule has 0 fully saturated rings. The number of nitrogens with one attached hydrogen (secondary N) is 1. The number of H-pyrrole nitrogens is 1. The molecule has 0 atom stereocenters. The van der Waals surface area contributed by atoms with Gasteiger partial charge in [0.05, 0.1) is 17.4 Å². The van der Waals surface area contributed by atoms with Crippen LogP contribution in [-0.4, -0.2) is 31.7 Å². The number of fused-ring (bicyclic) bond motifs is 1. The van der Waals surface area contributed by atoms with Crippen LogP contribution in [0.2, 0.25) is 0 Å². The van der Waals surface area contributed by atoms with Crippen LogP contribution in [0.15, 0.2) is 42.9 Å². The van der Waals surface area contributed by atoms with Gasteiger partial charge in [0.2, 0.25) is 0 Å². The van der Waals surface area contributed by atoms with Crippen LogP contribution in [0.3, 0.4) is 0 Å². The first kappa shape index (κ1) is 13.1. The first-order valence-electron chi connectivity index (χ1n) is 6.51. The lowest BCUT2D eigenvalue weighted by atomic mass is 10.0. The third-order valence-electron chi connectivity index (χ3n) is 3.18. The van der Waals surface area contributed by atoms with Gasteiger partial charge >= 0.3 is 0 Å². The van der Waals surface area contributed by atoms with Gasteiger partial charge in [-0.15, -0.1) is 5.10 Å². The molecule has 0 aliphatic rings. The minimum atomic E-state index is -0.181. The lowest BCUT2D eigenvalue weighted by Crippen LogP contribution is -2.07. The Morgan fingerprint density at radius 2 is 1.95 bits per heavy atom. The van der Waals surface area contributed by atoms with E-state index < -0.39 is 0 Å². The Bertz CT molecular complexity index is 796. The van der Waals surface area contributed by atoms with E-state index in [2.05, 4.69) is 20.2 Å². The predicted octanol–water partition coefficient (Wildman–Crippen LogP) is 2.20. The third kappa shape index (κ3) is 2.84. The minimum absolute atomic E-state index is 0.0799. The SMILES string of the molecule is O=C(CCC(=O)c1cccnn1)c1ccc2nc[nH]c2c1. The third-order valence-corrected chi connectivity index (χ3v) is 3.18. The molecule has 0 aliphatic heterocycles. The Morgan fingerprint density at radius 3 is 2.76 bits per heavy atom. The smallest absolute Gasteiger partial charge is 0.183 e. The average molecular weight is 280 g/mol. The van der Waals surface area contributed by atoms with E-state index in [0.717, 1.165) is 11.0 Å². The second-order valence-corrected chi connectivity index (χ2v) is 4.59. The summed E-state index contributed by atoms with van der Waals surface area (Å²) >= 11 is 0. The van der Waals surface area contributed by atoms with E-state index in [1.54, 1.807) is 36.7 Å². The molecule has 6 heteroatoms. The summed E-state index contributed by atoms with van der Waals surface area (Å²) in [6.07, 6.45) is 3.35. The zero-order chi connectivity index (χ0) is 14.7. The number of aromatic amines is 1. The van der Waals surface area contributed by atoms with Crippen molar-refractivity contribution in [3.8, 4) is 0 Å². The second kappa shape index (κ2) is 5.62. The van der Waals surface area contributed by atoms with Gasteiger partial charge in [-0.2, -0.15) is 5.10 Å². The van der Waals surface area contributed by atoms with Crippen molar-refractivity contribution in [3.05, 3.63) is 54.1 Å². The highest BCUT2D eigenvalue weighted by molar-refractivity contribution is 6.02. The normalized spacial score (nSPS) is 10.7. The number of imidazole rings is 1. The molecular weight excluding hydrogens is 268 g/mol. The zero-order valence-corrected chi connectivity index (χ0v) is 11.1. The summed E-state index contributed by atoms with van der Waals surface area (Å²) in [5, 5.41) is 7.39. The van der Waals surface area contributed by atoms with Crippen LogP contribution in [0, 0.1) is 0 Å². The molecule has 0 aliphatic carbocycles. The molecule has 0 radical (unpaired) electrons. The van der Waals surface area contributed by atoms with Crippen LogP contribution in [-0.2, 0) is 0 Å². The van der Waals surface area contributed by atoms with Gasteiger partial charge in [-0.05, 0) is 30.3 Å². The van der Waals surface area contributed by atoms with Crippen molar-refractivity contribution in [2.45, 2.75) is 12.8 Å². The number of rotatable bonds is 5. The van der Waals surface area contributed by atoms with E-state index in [1.807, 2.05) is 0 Å². The van der Waals surface area contributed by atoms with Crippen LogP contribution in [0.1, 0.15) is 33.7 Å². The van der Waals surface area contributed by atoms with E-state index in [0.29, 0.717) is 5.56 Å². The molecule has 0 unspecified atom stereocenters. The first-order chi connectivity index (χ1) is 10.2. The fourth-order valence-electron chi connectivity index (χ4n) is 2.06. The molecule has 1 aromatic carbocycles. The lowest BCUT2D eigenvalue weighted by molar-refractivity contribution is 0.0914. The lowest BCUT2D eigenvalue weighted by Gasteiger charge is -2.01. The predicted molar refractivity (Wildman–Crippen MR) is 76.0 cm³/mol. The molecule has 0 saturated carbocycles. The monoisotopic (exact) mass is 280 g/mol. The van der Waals surface area contributed by atoms with Crippen LogP contribution in [0.5, 0.6) is 0 Å². The van der Waals surface area contributed by atoms with Gasteiger partial charge < -0.3 is 4.98 Å². The maximum Gasteiger partial charge on any atom is 0.183 e. The van der Waals surface area contributed by atoms with Crippen molar-refractivity contribution in [2.75, 3.05) is 0 Å². The van der Waals surface area contributed by atoms with Crippen molar-refractivity contribution in [3.63, 3.8) is 0 Å². The molecule has 3 aromatic rings. The summed E-state index contributed by atoms with van der Waals surface area (Å²) in [4.78, 5) is 31.1. The minimum Gasteiger partial charge on any atom is -0.345 e. The summed E-state index contributed by atoms with van der Waals surface area (Å²) in [6, 6.07) is 8.49. The number of carbonyl (C=O) groups excluding carboxylic acids is 2. The number of hydrogen-bond acceptors (Lipinski definition) is 5. The maximum atomic E-state index is 12.1. The number of benzene rings is 1. The molecule has 2 heterocycles. The molecule has 0 saturated heterocycles. The fourth-order valence-corrected chi connectivity index (χ4v) is 2.06. The van der Waals surface area contributed by atoms with E-state index in [-0.39, 0.29) is 30.1 Å². The highest BCUT2D eigenvalue weighted by Gasteiger charge is 2.12. The van der Waals surface area contributed by atoms with E-state index >= 15 is 0 Å². The average Bonchev–Trinajstić information content (AvgIpc) is 3.00. The zero-order valence-electron chi connectivity index (χ0n) is 11.1. The van der Waals surface area contributed by atoms with E-state index in [1.165, 1.54) is 6.20 Å². The second-order valence-electron chi connectivity index (χ2n) is 4.59. The van der Waals surface area contributed by atoms with Crippen molar-refractivity contribution in [1.29, 1.82) is 0 Å². The maximum absolute atomic E-state index is 12.1. The van der Waals surface area contributed by atoms with Crippen molar-refractivity contribution >= 4 is 22.6 Å². The standard InChI is InChI=1S/C15H12N4O2/c20-14(5-6-15(21)12-2-1-7-18-19-12)10-3-4-11-13(8-10)17-9-16-11/h1-4,7-9H,5-6H2,(H,16,17). The van der Waals surface area contributed by atoms with Crippen LogP contribution in [0.25, 0.3) is 11.0 Å². The summed E-state index contributed by atoms with van der Waals surface area (Å²) < 4.78 is 0. The number of nitrogens with zero attached hydrogens (tertiary/aromatic N) is 3. The van der Waals surface area contributed by atoms with Crippen LogP contribution < -0.4 is 0 Å². The van der Waals surface area contributed by atoms with Gasteiger partial charge in [-0.1, -0.05) is 0 Å². The fraction of sp³-hybridized carbons (Fsp3) is 0.133. The Hall–Kier alpha value is -2.89.